The first-order chi connectivity index (χ1) is 16.1. The van der Waals surface area contributed by atoms with Gasteiger partial charge in [-0.15, -0.1) is 0 Å². The smallest absolute Gasteiger partial charge is 0.410 e. The molecule has 1 unspecified atom stereocenters. The fraction of sp³-hybridized carbons (Fsp3) is 0.391. The van der Waals surface area contributed by atoms with Crippen molar-refractivity contribution in [3.8, 4) is 0 Å². The molecular formula is C23H28IN6O3P. The van der Waals surface area contributed by atoms with Gasteiger partial charge in [0, 0.05) is 55.2 Å². The summed E-state index contributed by atoms with van der Waals surface area (Å²) in [6, 6.07) is 3.88. The highest BCUT2D eigenvalue weighted by atomic mass is 127. The van der Waals surface area contributed by atoms with E-state index in [1.807, 2.05) is 39.8 Å². The van der Waals surface area contributed by atoms with E-state index in [-0.39, 0.29) is 18.0 Å². The van der Waals surface area contributed by atoms with Gasteiger partial charge >= 0.3 is 6.09 Å². The number of halogens is 1. The normalized spacial score (nSPS) is 16.0. The van der Waals surface area contributed by atoms with Gasteiger partial charge in [-0.2, -0.15) is 0 Å². The van der Waals surface area contributed by atoms with Crippen molar-refractivity contribution in [3.63, 3.8) is 0 Å². The molecule has 2 aliphatic heterocycles. The molecule has 3 heterocycles. The summed E-state index contributed by atoms with van der Waals surface area (Å²) in [4.78, 5) is 33.5. The van der Waals surface area contributed by atoms with E-state index in [0.717, 1.165) is 28.1 Å². The van der Waals surface area contributed by atoms with Gasteiger partial charge in [0.25, 0.3) is 5.91 Å². The van der Waals surface area contributed by atoms with Gasteiger partial charge in [-0.25, -0.2) is 4.79 Å². The topological polar surface area (TPSA) is 111 Å². The first kappa shape index (κ1) is 24.7. The molecule has 2 aromatic rings. The van der Waals surface area contributed by atoms with Crippen molar-refractivity contribution in [1.29, 1.82) is 5.41 Å². The number of likely N-dealkylation sites (tertiary alicyclic amines) is 1. The minimum atomic E-state index is -0.550. The molecule has 0 bridgehead atoms. The van der Waals surface area contributed by atoms with Gasteiger partial charge in [-0.05, 0) is 61.4 Å². The van der Waals surface area contributed by atoms with Crippen molar-refractivity contribution in [3.05, 3.63) is 46.8 Å². The molecule has 3 N–H and O–H groups in total. The number of aryl methyl sites for hydroxylation is 1. The molecule has 34 heavy (non-hydrogen) atoms. The first-order valence-corrected chi connectivity index (χ1v) is 15.0. The Bertz CT molecular complexity index is 1150. The summed E-state index contributed by atoms with van der Waals surface area (Å²) in [5.41, 5.74) is 4.85. The quantitative estimate of drug-likeness (QED) is 0.245. The number of amides is 2. The third-order valence-electron chi connectivity index (χ3n) is 5.83. The number of ether oxygens (including phenoxy) is 1. The SMILES string of the molecule is Cc1ccc(NPI)c(C=N)c1Nc1cncc2c1C(=O)N(C1CN(C(=O)OC(C)(C)C)C1)C2. The molecule has 1 fully saturated rings. The molecule has 2 aliphatic rings. The number of hydrogen-bond acceptors (Lipinski definition) is 7. The van der Waals surface area contributed by atoms with Gasteiger partial charge in [0.1, 0.15) is 5.60 Å². The van der Waals surface area contributed by atoms with Crippen LogP contribution in [0.15, 0.2) is 24.5 Å². The summed E-state index contributed by atoms with van der Waals surface area (Å²) < 4.78 is 5.43. The standard InChI is InChI=1S/C23H28IN6O3P/c1-13-5-6-17(28-34-24)16(7-25)20(13)27-18-9-26-8-14-10-30(21(31)19(14)18)15-11-29(12-15)22(32)33-23(2,3)4/h5-9,15,25,27-28,34H,10-12H2,1-4H3. The fourth-order valence-corrected chi connectivity index (χ4v) is 5.32. The van der Waals surface area contributed by atoms with Gasteiger partial charge in [0.2, 0.25) is 0 Å². The Kier molecular flexibility index (Phi) is 7.00. The van der Waals surface area contributed by atoms with Gasteiger partial charge in [-0.1, -0.05) is 6.07 Å². The average Bonchev–Trinajstić information content (AvgIpc) is 3.05. The monoisotopic (exact) mass is 594 g/mol. The van der Waals surface area contributed by atoms with Gasteiger partial charge in [0.15, 0.2) is 0 Å². The van der Waals surface area contributed by atoms with Crippen LogP contribution >= 0.6 is 28.4 Å². The molecule has 1 aromatic carbocycles. The van der Waals surface area contributed by atoms with Crippen LogP contribution in [0, 0.1) is 12.3 Å². The van der Waals surface area contributed by atoms with Crippen LogP contribution in [0.2, 0.25) is 0 Å². The summed E-state index contributed by atoms with van der Waals surface area (Å²) in [6.45, 7) is 8.84. The van der Waals surface area contributed by atoms with E-state index in [1.165, 1.54) is 6.21 Å². The third kappa shape index (κ3) is 4.84. The number of rotatable bonds is 6. The van der Waals surface area contributed by atoms with Crippen molar-refractivity contribution < 1.29 is 14.3 Å². The van der Waals surface area contributed by atoms with Crippen molar-refractivity contribution in [1.82, 2.24) is 14.8 Å². The van der Waals surface area contributed by atoms with Crippen LogP contribution in [0.1, 0.15) is 47.8 Å². The van der Waals surface area contributed by atoms with Crippen LogP contribution in [-0.2, 0) is 11.3 Å². The Morgan fingerprint density at radius 1 is 1.29 bits per heavy atom. The van der Waals surface area contributed by atoms with Crippen molar-refractivity contribution >= 4 is 63.7 Å². The lowest BCUT2D eigenvalue weighted by molar-refractivity contribution is -0.0125. The summed E-state index contributed by atoms with van der Waals surface area (Å²) in [5.74, 6) is -0.0779. The minimum Gasteiger partial charge on any atom is -0.444 e. The molecule has 1 aromatic heterocycles. The molecule has 9 nitrogen and oxygen atoms in total. The van der Waals surface area contributed by atoms with E-state index in [0.29, 0.717) is 37.3 Å². The molecule has 1 saturated heterocycles. The first-order valence-electron chi connectivity index (χ1n) is 10.9. The molecule has 180 valence electrons. The van der Waals surface area contributed by atoms with E-state index in [1.54, 1.807) is 22.2 Å². The van der Waals surface area contributed by atoms with Crippen LogP contribution in [0.25, 0.3) is 0 Å². The molecule has 2 amide bonds. The van der Waals surface area contributed by atoms with Gasteiger partial charge in [-0.3, -0.25) is 9.78 Å². The van der Waals surface area contributed by atoms with E-state index in [9.17, 15) is 9.59 Å². The number of carbonyl (C=O) groups excluding carboxylic acids is 2. The molecule has 1 atom stereocenters. The minimum absolute atomic E-state index is 0.0590. The third-order valence-corrected chi connectivity index (χ3v) is 7.01. The summed E-state index contributed by atoms with van der Waals surface area (Å²) in [7, 11) is 0. The Hall–Kier alpha value is -2.46. The van der Waals surface area contributed by atoms with E-state index >= 15 is 0 Å². The lowest BCUT2D eigenvalue weighted by atomic mass is 10.0. The zero-order valence-electron chi connectivity index (χ0n) is 19.5. The maximum Gasteiger partial charge on any atom is 0.410 e. The average molecular weight is 594 g/mol. The summed E-state index contributed by atoms with van der Waals surface area (Å²) in [5, 5.41) is 14.6. The van der Waals surface area contributed by atoms with Crippen LogP contribution in [0.5, 0.6) is 0 Å². The second-order valence-corrected chi connectivity index (χ2v) is 11.5. The predicted molar refractivity (Wildman–Crippen MR) is 144 cm³/mol. The zero-order valence-corrected chi connectivity index (χ0v) is 22.7. The van der Waals surface area contributed by atoms with E-state index < -0.39 is 5.60 Å². The number of carbonyl (C=O) groups is 2. The number of nitrogens with zero attached hydrogens (tertiary/aromatic N) is 3. The Morgan fingerprint density at radius 2 is 2.03 bits per heavy atom. The number of benzene rings is 1. The van der Waals surface area contributed by atoms with Crippen LogP contribution in [0.3, 0.4) is 0 Å². The molecule has 0 spiro atoms. The highest BCUT2D eigenvalue weighted by Gasteiger charge is 2.43. The molecule has 0 radical (unpaired) electrons. The number of pyridine rings is 1. The maximum absolute atomic E-state index is 13.4. The van der Waals surface area contributed by atoms with Gasteiger partial charge in [0.05, 0.1) is 29.2 Å². The van der Waals surface area contributed by atoms with Crippen LogP contribution in [-0.4, -0.2) is 57.7 Å². The second kappa shape index (κ2) is 9.65. The molecule has 0 saturated carbocycles. The number of nitrogens with one attached hydrogen (secondary N) is 3. The maximum atomic E-state index is 13.4. The molecule has 0 aliphatic carbocycles. The van der Waals surface area contributed by atoms with E-state index in [2.05, 4.69) is 37.4 Å². The lowest BCUT2D eigenvalue weighted by Gasteiger charge is -2.43. The lowest BCUT2D eigenvalue weighted by Crippen LogP contribution is -2.61. The van der Waals surface area contributed by atoms with Crippen LogP contribution in [0.4, 0.5) is 21.9 Å². The zero-order chi connectivity index (χ0) is 24.6. The van der Waals surface area contributed by atoms with Crippen molar-refractivity contribution in [2.75, 3.05) is 23.5 Å². The number of anilines is 3. The Labute approximate surface area is 213 Å². The second-order valence-electron chi connectivity index (χ2n) is 9.40. The molecule has 11 heteroatoms. The number of fused-ring (bicyclic) bond motifs is 1. The van der Waals surface area contributed by atoms with Crippen molar-refractivity contribution in [2.24, 2.45) is 0 Å². The molecule has 4 rings (SSSR count). The Balaban J connectivity index is 1.53. The van der Waals surface area contributed by atoms with Crippen molar-refractivity contribution in [2.45, 2.75) is 45.9 Å². The number of hydrogen-bond donors (Lipinski definition) is 3. The highest BCUT2D eigenvalue weighted by molar-refractivity contribution is 14.2. The predicted octanol–water partition coefficient (Wildman–Crippen LogP) is 5.06. The molecular weight excluding hydrogens is 566 g/mol. The highest BCUT2D eigenvalue weighted by Crippen LogP contribution is 2.37. The Morgan fingerprint density at radius 3 is 2.68 bits per heavy atom. The van der Waals surface area contributed by atoms with E-state index in [4.69, 9.17) is 10.1 Å². The van der Waals surface area contributed by atoms with Crippen LogP contribution < -0.4 is 10.4 Å². The number of aromatic nitrogens is 1. The largest absolute Gasteiger partial charge is 0.444 e. The summed E-state index contributed by atoms with van der Waals surface area (Å²) in [6.07, 6.45) is 4.81. The summed E-state index contributed by atoms with van der Waals surface area (Å²) >= 11 is 2.25. The fourth-order valence-electron chi connectivity index (χ4n) is 4.13. The van der Waals surface area contributed by atoms with Gasteiger partial charge < -0.3 is 30.4 Å².